The molecule has 6 heteroatoms. The summed E-state index contributed by atoms with van der Waals surface area (Å²) in [6.45, 7) is 0. The van der Waals surface area contributed by atoms with Crippen molar-refractivity contribution in [3.05, 3.63) is 51.9 Å². The van der Waals surface area contributed by atoms with Gasteiger partial charge in [-0.3, -0.25) is 14.6 Å². The van der Waals surface area contributed by atoms with E-state index in [1.54, 1.807) is 4.68 Å². The van der Waals surface area contributed by atoms with Crippen molar-refractivity contribution in [2.24, 2.45) is 0 Å². The highest BCUT2D eigenvalue weighted by atomic mass is 19.4. The number of aromatic nitrogens is 2. The van der Waals surface area contributed by atoms with Crippen molar-refractivity contribution < 1.29 is 13.2 Å². The predicted molar refractivity (Wildman–Crippen MR) is 63.4 cm³/mol. The lowest BCUT2D eigenvalue weighted by atomic mass is 10.2. The van der Waals surface area contributed by atoms with Gasteiger partial charge < -0.3 is 0 Å². The van der Waals surface area contributed by atoms with E-state index in [-0.39, 0.29) is 5.56 Å². The van der Waals surface area contributed by atoms with Crippen LogP contribution in [0.5, 0.6) is 0 Å². The van der Waals surface area contributed by atoms with E-state index in [0.717, 1.165) is 30.7 Å². The van der Waals surface area contributed by atoms with Crippen LogP contribution in [-0.4, -0.2) is 9.78 Å². The lowest BCUT2D eigenvalue weighted by Crippen LogP contribution is -2.07. The number of benzene rings is 1. The molecule has 1 aliphatic rings. The molecule has 1 fully saturated rings. The van der Waals surface area contributed by atoms with Crippen LogP contribution >= 0.6 is 0 Å². The quantitative estimate of drug-likeness (QED) is 0.893. The minimum absolute atomic E-state index is 0.234. The van der Waals surface area contributed by atoms with Gasteiger partial charge in [-0.05, 0) is 37.1 Å². The van der Waals surface area contributed by atoms with Gasteiger partial charge in [-0.25, -0.2) is 0 Å². The molecule has 1 N–H and O–H groups in total. The molecule has 1 aromatic heterocycles. The van der Waals surface area contributed by atoms with Crippen LogP contribution < -0.4 is 5.56 Å². The Morgan fingerprint density at radius 2 is 1.79 bits per heavy atom. The monoisotopic (exact) mass is 268 g/mol. The molecule has 0 saturated heterocycles. The first kappa shape index (κ1) is 12.1. The molecule has 19 heavy (non-hydrogen) atoms. The van der Waals surface area contributed by atoms with Crippen LogP contribution in [0, 0.1) is 0 Å². The fourth-order valence-corrected chi connectivity index (χ4v) is 2.10. The third-order valence-corrected chi connectivity index (χ3v) is 3.21. The molecule has 0 spiro atoms. The van der Waals surface area contributed by atoms with Crippen molar-refractivity contribution in [1.82, 2.24) is 9.78 Å². The van der Waals surface area contributed by atoms with E-state index in [4.69, 9.17) is 0 Å². The summed E-state index contributed by atoms with van der Waals surface area (Å²) >= 11 is 0. The maximum atomic E-state index is 12.5. The zero-order valence-electron chi connectivity index (χ0n) is 9.87. The summed E-state index contributed by atoms with van der Waals surface area (Å²) in [4.78, 5) is 11.4. The highest BCUT2D eigenvalue weighted by Crippen LogP contribution is 2.40. The van der Waals surface area contributed by atoms with E-state index in [2.05, 4.69) is 5.10 Å². The summed E-state index contributed by atoms with van der Waals surface area (Å²) < 4.78 is 39.0. The molecule has 1 aliphatic carbocycles. The maximum Gasteiger partial charge on any atom is 0.416 e. The van der Waals surface area contributed by atoms with Crippen molar-refractivity contribution in [1.29, 1.82) is 0 Å². The Bertz CT molecular complexity index is 648. The second-order valence-electron chi connectivity index (χ2n) is 4.70. The summed E-state index contributed by atoms with van der Waals surface area (Å²) in [7, 11) is 0. The van der Waals surface area contributed by atoms with Crippen LogP contribution in [0.1, 0.15) is 30.0 Å². The Morgan fingerprint density at radius 3 is 2.32 bits per heavy atom. The summed E-state index contributed by atoms with van der Waals surface area (Å²) in [5.74, 6) is 0.334. The molecule has 0 unspecified atom stereocenters. The van der Waals surface area contributed by atoms with E-state index in [9.17, 15) is 18.0 Å². The first-order chi connectivity index (χ1) is 8.95. The molecular formula is C13H11F3N2O. The van der Waals surface area contributed by atoms with Gasteiger partial charge >= 0.3 is 6.18 Å². The van der Waals surface area contributed by atoms with Crippen molar-refractivity contribution in [2.75, 3.05) is 0 Å². The van der Waals surface area contributed by atoms with Crippen molar-refractivity contribution in [3.8, 4) is 5.69 Å². The van der Waals surface area contributed by atoms with Gasteiger partial charge in [0.05, 0.1) is 11.3 Å². The molecular weight excluding hydrogens is 257 g/mol. The number of H-pyrrole nitrogens is 1. The van der Waals surface area contributed by atoms with Crippen LogP contribution in [-0.2, 0) is 6.18 Å². The fourth-order valence-electron chi connectivity index (χ4n) is 2.10. The van der Waals surface area contributed by atoms with E-state index in [1.165, 1.54) is 18.2 Å². The number of nitrogens with one attached hydrogen (secondary N) is 1. The van der Waals surface area contributed by atoms with Crippen LogP contribution in [0.4, 0.5) is 13.2 Å². The Hall–Kier alpha value is -1.98. The smallest absolute Gasteiger partial charge is 0.268 e. The average Bonchev–Trinajstić information content (AvgIpc) is 3.12. The zero-order valence-corrected chi connectivity index (χ0v) is 9.87. The highest BCUT2D eigenvalue weighted by Gasteiger charge is 2.31. The molecule has 0 amide bonds. The van der Waals surface area contributed by atoms with Gasteiger partial charge in [-0.2, -0.15) is 13.2 Å². The van der Waals surface area contributed by atoms with Crippen molar-refractivity contribution in [3.63, 3.8) is 0 Å². The van der Waals surface area contributed by atoms with Gasteiger partial charge in [0.15, 0.2) is 0 Å². The first-order valence-corrected chi connectivity index (χ1v) is 5.95. The fraction of sp³-hybridized carbons (Fsp3) is 0.308. The second kappa shape index (κ2) is 4.01. The lowest BCUT2D eigenvalue weighted by molar-refractivity contribution is -0.137. The van der Waals surface area contributed by atoms with Crippen LogP contribution in [0.25, 0.3) is 5.69 Å². The van der Waals surface area contributed by atoms with Crippen molar-refractivity contribution in [2.45, 2.75) is 24.9 Å². The van der Waals surface area contributed by atoms with Crippen LogP contribution in [0.2, 0.25) is 0 Å². The van der Waals surface area contributed by atoms with E-state index < -0.39 is 11.7 Å². The molecule has 3 rings (SSSR count). The third kappa shape index (κ3) is 2.30. The minimum Gasteiger partial charge on any atom is -0.268 e. The van der Waals surface area contributed by atoms with E-state index in [0.29, 0.717) is 11.6 Å². The number of alkyl halides is 3. The Labute approximate surface area is 106 Å². The Kier molecular flexibility index (Phi) is 2.55. The summed E-state index contributed by atoms with van der Waals surface area (Å²) in [5.41, 5.74) is 0.447. The van der Waals surface area contributed by atoms with Gasteiger partial charge in [-0.15, -0.1) is 0 Å². The first-order valence-electron chi connectivity index (χ1n) is 5.95. The molecule has 0 atom stereocenters. The Balaban J connectivity index is 2.00. The van der Waals surface area contributed by atoms with E-state index >= 15 is 0 Å². The third-order valence-electron chi connectivity index (χ3n) is 3.21. The molecule has 0 radical (unpaired) electrons. The van der Waals surface area contributed by atoms with E-state index in [1.807, 2.05) is 0 Å². The summed E-state index contributed by atoms with van der Waals surface area (Å²) in [6, 6.07) is 6.28. The zero-order chi connectivity index (χ0) is 13.6. The molecule has 100 valence electrons. The van der Waals surface area contributed by atoms with Gasteiger partial charge in [0.2, 0.25) is 0 Å². The number of rotatable bonds is 2. The number of aromatic amines is 1. The molecule has 1 saturated carbocycles. The second-order valence-corrected chi connectivity index (χ2v) is 4.70. The molecule has 0 aliphatic heterocycles. The SMILES string of the molecule is O=c1cc(C2CC2)n(-c2ccc(C(F)(F)F)cc2)[nH]1. The van der Waals surface area contributed by atoms with Gasteiger partial charge in [-0.1, -0.05) is 0 Å². The molecule has 3 nitrogen and oxygen atoms in total. The summed E-state index contributed by atoms with van der Waals surface area (Å²) in [5, 5.41) is 2.62. The van der Waals surface area contributed by atoms with Gasteiger partial charge in [0, 0.05) is 17.7 Å². The van der Waals surface area contributed by atoms with Gasteiger partial charge in [0.25, 0.3) is 5.56 Å². The highest BCUT2D eigenvalue weighted by molar-refractivity contribution is 5.37. The molecule has 1 aromatic carbocycles. The standard InChI is InChI=1S/C13H11F3N2O/c14-13(15,16)9-3-5-10(6-4-9)18-11(8-1-2-8)7-12(19)17-18/h3-8H,1-2H2,(H,17,19). The van der Waals surface area contributed by atoms with Gasteiger partial charge in [0.1, 0.15) is 0 Å². The Morgan fingerprint density at radius 1 is 1.16 bits per heavy atom. The number of hydrogen-bond acceptors (Lipinski definition) is 1. The lowest BCUT2D eigenvalue weighted by Gasteiger charge is -2.10. The molecule has 2 aromatic rings. The molecule has 0 bridgehead atoms. The normalized spacial score (nSPS) is 15.7. The number of hydrogen-bond donors (Lipinski definition) is 1. The molecule has 1 heterocycles. The van der Waals surface area contributed by atoms with Crippen LogP contribution in [0.3, 0.4) is 0 Å². The minimum atomic E-state index is -4.35. The predicted octanol–water partition coefficient (Wildman–Crippen LogP) is 3.06. The maximum absolute atomic E-state index is 12.5. The number of halogens is 3. The summed E-state index contributed by atoms with van der Waals surface area (Å²) in [6.07, 6.45) is -2.32. The average molecular weight is 268 g/mol. The van der Waals surface area contributed by atoms with Crippen molar-refractivity contribution >= 4 is 0 Å². The van der Waals surface area contributed by atoms with Crippen LogP contribution in [0.15, 0.2) is 35.1 Å². The topological polar surface area (TPSA) is 37.8 Å². The number of nitrogens with zero attached hydrogens (tertiary/aromatic N) is 1. The largest absolute Gasteiger partial charge is 0.416 e.